The van der Waals surface area contributed by atoms with Crippen LogP contribution in [0.2, 0.25) is 0 Å². The van der Waals surface area contributed by atoms with Crippen molar-refractivity contribution in [1.29, 1.82) is 0 Å². The molecule has 0 aromatic heterocycles. The molecule has 0 radical (unpaired) electrons. The summed E-state index contributed by atoms with van der Waals surface area (Å²) in [6.07, 6.45) is 2.24. The summed E-state index contributed by atoms with van der Waals surface area (Å²) in [6, 6.07) is 6.77. The Labute approximate surface area is 144 Å². The van der Waals surface area contributed by atoms with Crippen molar-refractivity contribution in [3.8, 4) is 0 Å². The van der Waals surface area contributed by atoms with E-state index in [9.17, 15) is 4.39 Å². The van der Waals surface area contributed by atoms with Crippen LogP contribution in [0.15, 0.2) is 29.3 Å². The Bertz CT molecular complexity index is 504. The maximum atomic E-state index is 13.6. The number of unbranched alkanes of at least 4 members (excludes halogenated alkanes) is 1. The smallest absolute Gasteiger partial charge is 0.191 e. The minimum atomic E-state index is -0.206. The molecule has 1 aromatic rings. The molecule has 0 bridgehead atoms. The van der Waals surface area contributed by atoms with Gasteiger partial charge in [-0.1, -0.05) is 18.2 Å². The summed E-state index contributed by atoms with van der Waals surface area (Å²) in [7, 11) is 0. The topological polar surface area (TPSA) is 48.9 Å². The lowest BCUT2D eigenvalue weighted by Gasteiger charge is -2.26. The molecule has 6 heteroatoms. The van der Waals surface area contributed by atoms with Crippen LogP contribution in [0, 0.1) is 5.82 Å². The van der Waals surface area contributed by atoms with Crippen molar-refractivity contribution in [3.63, 3.8) is 0 Å². The Morgan fingerprint density at radius 1 is 1.21 bits per heavy atom. The van der Waals surface area contributed by atoms with E-state index in [0.717, 1.165) is 64.7 Å². The van der Waals surface area contributed by atoms with Crippen molar-refractivity contribution in [2.24, 2.45) is 4.99 Å². The van der Waals surface area contributed by atoms with Gasteiger partial charge < -0.3 is 15.4 Å². The number of benzene rings is 1. The average molecular weight is 336 g/mol. The number of hydrogen-bond donors (Lipinski definition) is 2. The SMILES string of the molecule is CCNC(=NCc1ccccc1F)NCCCCN1CCOCC1. The number of halogens is 1. The Balaban J connectivity index is 1.68. The number of nitrogens with one attached hydrogen (secondary N) is 2. The Morgan fingerprint density at radius 2 is 2.00 bits per heavy atom. The van der Waals surface area contributed by atoms with Gasteiger partial charge in [-0.3, -0.25) is 4.90 Å². The van der Waals surface area contributed by atoms with Crippen LogP contribution in [-0.2, 0) is 11.3 Å². The van der Waals surface area contributed by atoms with Gasteiger partial charge in [0.05, 0.1) is 19.8 Å². The molecule has 1 saturated heterocycles. The number of ether oxygens (including phenoxy) is 1. The van der Waals surface area contributed by atoms with E-state index >= 15 is 0 Å². The molecule has 0 aliphatic carbocycles. The molecule has 1 aromatic carbocycles. The summed E-state index contributed by atoms with van der Waals surface area (Å²) in [5.41, 5.74) is 0.613. The van der Waals surface area contributed by atoms with Gasteiger partial charge in [-0.05, 0) is 32.4 Å². The predicted octanol–water partition coefficient (Wildman–Crippen LogP) is 1.99. The highest BCUT2D eigenvalue weighted by atomic mass is 19.1. The van der Waals surface area contributed by atoms with Gasteiger partial charge in [0.2, 0.25) is 0 Å². The maximum Gasteiger partial charge on any atom is 0.191 e. The van der Waals surface area contributed by atoms with Crippen molar-refractivity contribution in [2.45, 2.75) is 26.3 Å². The molecular weight excluding hydrogens is 307 g/mol. The molecule has 1 aliphatic heterocycles. The van der Waals surface area contributed by atoms with E-state index in [-0.39, 0.29) is 5.82 Å². The zero-order chi connectivity index (χ0) is 17.0. The summed E-state index contributed by atoms with van der Waals surface area (Å²) in [5, 5.41) is 6.52. The summed E-state index contributed by atoms with van der Waals surface area (Å²) >= 11 is 0. The normalized spacial score (nSPS) is 16.2. The van der Waals surface area contributed by atoms with Crippen molar-refractivity contribution < 1.29 is 9.13 Å². The third-order valence-electron chi connectivity index (χ3n) is 4.01. The van der Waals surface area contributed by atoms with Crippen LogP contribution >= 0.6 is 0 Å². The zero-order valence-electron chi connectivity index (χ0n) is 14.6. The van der Waals surface area contributed by atoms with Crippen LogP contribution in [0.3, 0.4) is 0 Å². The van der Waals surface area contributed by atoms with Gasteiger partial charge in [0.1, 0.15) is 5.82 Å². The van der Waals surface area contributed by atoms with Crippen LogP contribution < -0.4 is 10.6 Å². The fourth-order valence-corrected chi connectivity index (χ4v) is 2.62. The van der Waals surface area contributed by atoms with E-state index in [1.807, 2.05) is 13.0 Å². The molecule has 0 amide bonds. The van der Waals surface area contributed by atoms with E-state index in [4.69, 9.17) is 4.74 Å². The maximum absolute atomic E-state index is 13.6. The van der Waals surface area contributed by atoms with Crippen molar-refractivity contribution in [1.82, 2.24) is 15.5 Å². The molecule has 1 aliphatic rings. The van der Waals surface area contributed by atoms with Crippen LogP contribution in [0.5, 0.6) is 0 Å². The van der Waals surface area contributed by atoms with Gasteiger partial charge in [0, 0.05) is 31.7 Å². The molecule has 134 valence electrons. The van der Waals surface area contributed by atoms with E-state index in [1.54, 1.807) is 12.1 Å². The number of aliphatic imine (C=N–C) groups is 1. The number of guanidine groups is 1. The molecule has 2 rings (SSSR count). The average Bonchev–Trinajstić information content (AvgIpc) is 2.61. The van der Waals surface area contributed by atoms with Gasteiger partial charge in [-0.2, -0.15) is 0 Å². The Morgan fingerprint density at radius 3 is 2.75 bits per heavy atom. The molecule has 0 saturated carbocycles. The quantitative estimate of drug-likeness (QED) is 0.433. The Hall–Kier alpha value is -1.66. The molecule has 1 fully saturated rings. The van der Waals surface area contributed by atoms with Crippen LogP contribution in [0.4, 0.5) is 4.39 Å². The van der Waals surface area contributed by atoms with Gasteiger partial charge >= 0.3 is 0 Å². The molecule has 0 spiro atoms. The minimum Gasteiger partial charge on any atom is -0.379 e. The first-order valence-corrected chi connectivity index (χ1v) is 8.85. The highest BCUT2D eigenvalue weighted by molar-refractivity contribution is 5.79. The summed E-state index contributed by atoms with van der Waals surface area (Å²) in [4.78, 5) is 6.90. The molecule has 1 heterocycles. The second kappa shape index (κ2) is 11.0. The van der Waals surface area contributed by atoms with E-state index in [2.05, 4.69) is 20.5 Å². The van der Waals surface area contributed by atoms with Crippen molar-refractivity contribution in [3.05, 3.63) is 35.6 Å². The van der Waals surface area contributed by atoms with Gasteiger partial charge in [0.25, 0.3) is 0 Å². The van der Waals surface area contributed by atoms with Gasteiger partial charge in [-0.25, -0.2) is 9.38 Å². The predicted molar refractivity (Wildman–Crippen MR) is 95.7 cm³/mol. The lowest BCUT2D eigenvalue weighted by molar-refractivity contribution is 0.0372. The standard InChI is InChI=1S/C18H29FN4O/c1-2-20-18(22-15-16-7-3-4-8-17(16)19)21-9-5-6-10-23-11-13-24-14-12-23/h3-4,7-8H,2,5-6,9-15H2,1H3,(H2,20,21,22). The molecule has 5 nitrogen and oxygen atoms in total. The van der Waals surface area contributed by atoms with Crippen LogP contribution in [0.25, 0.3) is 0 Å². The molecule has 2 N–H and O–H groups in total. The summed E-state index contributed by atoms with van der Waals surface area (Å²) in [5.74, 6) is 0.537. The van der Waals surface area contributed by atoms with Crippen molar-refractivity contribution in [2.75, 3.05) is 45.9 Å². The first kappa shape index (κ1) is 18.7. The number of nitrogens with zero attached hydrogens (tertiary/aromatic N) is 2. The third-order valence-corrected chi connectivity index (χ3v) is 4.01. The first-order valence-electron chi connectivity index (χ1n) is 8.85. The van der Waals surface area contributed by atoms with Crippen LogP contribution in [-0.4, -0.2) is 56.8 Å². The highest BCUT2D eigenvalue weighted by Crippen LogP contribution is 2.07. The third kappa shape index (κ3) is 6.84. The monoisotopic (exact) mass is 336 g/mol. The number of hydrogen-bond acceptors (Lipinski definition) is 3. The summed E-state index contributed by atoms with van der Waals surface area (Å²) in [6.45, 7) is 8.93. The van der Waals surface area contributed by atoms with Crippen molar-refractivity contribution >= 4 is 5.96 Å². The second-order valence-electron chi connectivity index (χ2n) is 5.87. The highest BCUT2D eigenvalue weighted by Gasteiger charge is 2.09. The fourth-order valence-electron chi connectivity index (χ4n) is 2.62. The van der Waals surface area contributed by atoms with Crippen LogP contribution in [0.1, 0.15) is 25.3 Å². The molecule has 24 heavy (non-hydrogen) atoms. The fraction of sp³-hybridized carbons (Fsp3) is 0.611. The van der Waals surface area contributed by atoms with E-state index in [1.165, 1.54) is 6.07 Å². The summed E-state index contributed by atoms with van der Waals surface area (Å²) < 4.78 is 19.0. The molecule has 0 atom stereocenters. The largest absolute Gasteiger partial charge is 0.379 e. The zero-order valence-corrected chi connectivity index (χ0v) is 14.6. The molecular formula is C18H29FN4O. The minimum absolute atomic E-state index is 0.206. The lowest BCUT2D eigenvalue weighted by Crippen LogP contribution is -2.39. The lowest BCUT2D eigenvalue weighted by atomic mass is 10.2. The van der Waals surface area contributed by atoms with E-state index < -0.39 is 0 Å². The molecule has 0 unspecified atom stereocenters. The van der Waals surface area contributed by atoms with E-state index in [0.29, 0.717) is 12.1 Å². The second-order valence-corrected chi connectivity index (χ2v) is 5.87. The Kier molecular flexibility index (Phi) is 8.55. The number of morpholine rings is 1. The first-order chi connectivity index (χ1) is 11.8. The van der Waals surface area contributed by atoms with Gasteiger partial charge in [-0.15, -0.1) is 0 Å². The number of rotatable bonds is 8. The van der Waals surface area contributed by atoms with Gasteiger partial charge in [0.15, 0.2) is 5.96 Å².